The predicted molar refractivity (Wildman–Crippen MR) is 86.4 cm³/mol. The maximum atomic E-state index is 12.2. The van der Waals surface area contributed by atoms with Gasteiger partial charge >= 0.3 is 6.03 Å². The third-order valence-corrected chi connectivity index (χ3v) is 4.71. The second-order valence-electron chi connectivity index (χ2n) is 5.08. The Morgan fingerprint density at radius 1 is 1.45 bits per heavy atom. The van der Waals surface area contributed by atoms with Crippen molar-refractivity contribution < 1.29 is 9.59 Å². The van der Waals surface area contributed by atoms with Gasteiger partial charge in [0, 0.05) is 22.3 Å². The Kier molecular flexibility index (Phi) is 4.85. The lowest BCUT2D eigenvalue weighted by Crippen LogP contribution is -2.46. The molecule has 108 valence electrons. The van der Waals surface area contributed by atoms with Gasteiger partial charge in [-0.3, -0.25) is 4.79 Å². The molecule has 1 aliphatic heterocycles. The largest absolute Gasteiger partial charge is 0.351 e. The number of benzene rings is 1. The fourth-order valence-electron chi connectivity index (χ4n) is 2.31. The number of rotatable bonds is 2. The summed E-state index contributed by atoms with van der Waals surface area (Å²) >= 11 is 2.24. The van der Waals surface area contributed by atoms with Gasteiger partial charge in [0.25, 0.3) is 0 Å². The molecule has 1 fully saturated rings. The number of hydrogen-bond donors (Lipinski definition) is 2. The predicted octanol–water partition coefficient (Wildman–Crippen LogP) is 2.33. The number of piperidine rings is 1. The van der Waals surface area contributed by atoms with Crippen molar-refractivity contribution in [3.05, 3.63) is 27.3 Å². The third kappa shape index (κ3) is 3.62. The molecule has 0 bridgehead atoms. The van der Waals surface area contributed by atoms with Crippen LogP contribution in [0.3, 0.4) is 0 Å². The number of likely N-dealkylation sites (tertiary alicyclic amines) is 1. The van der Waals surface area contributed by atoms with E-state index in [-0.39, 0.29) is 11.8 Å². The van der Waals surface area contributed by atoms with Gasteiger partial charge < -0.3 is 16.0 Å². The average Bonchev–Trinajstić information content (AvgIpc) is 2.43. The molecule has 1 aromatic carbocycles. The van der Waals surface area contributed by atoms with Gasteiger partial charge in [0.2, 0.25) is 5.91 Å². The lowest BCUT2D eigenvalue weighted by molar-refractivity contribution is -0.121. The molecule has 1 aromatic rings. The van der Waals surface area contributed by atoms with Crippen LogP contribution in [0.15, 0.2) is 18.2 Å². The lowest BCUT2D eigenvalue weighted by atomic mass is 9.97. The summed E-state index contributed by atoms with van der Waals surface area (Å²) in [7, 11) is 0. The Hall–Kier alpha value is -1.31. The standard InChI is InChI=1S/C14H18IN3O2/c1-9-4-5-11(7-12(9)15)17-13(19)10-3-2-6-18(8-10)14(16)20/h4-5,7,10H,2-3,6,8H2,1H3,(H2,16,20)(H,17,19)/t10-/m1/s1. The van der Waals surface area contributed by atoms with Crippen LogP contribution in [-0.4, -0.2) is 29.9 Å². The van der Waals surface area contributed by atoms with E-state index >= 15 is 0 Å². The quantitative estimate of drug-likeness (QED) is 0.765. The third-order valence-electron chi connectivity index (χ3n) is 3.54. The van der Waals surface area contributed by atoms with Gasteiger partial charge in [0.15, 0.2) is 0 Å². The molecule has 0 aliphatic carbocycles. The maximum Gasteiger partial charge on any atom is 0.314 e. The van der Waals surface area contributed by atoms with E-state index < -0.39 is 6.03 Å². The van der Waals surface area contributed by atoms with E-state index in [4.69, 9.17) is 5.73 Å². The summed E-state index contributed by atoms with van der Waals surface area (Å²) < 4.78 is 1.11. The number of nitrogens with one attached hydrogen (secondary N) is 1. The fourth-order valence-corrected chi connectivity index (χ4v) is 2.82. The fraction of sp³-hybridized carbons (Fsp3) is 0.429. The van der Waals surface area contributed by atoms with E-state index in [1.165, 1.54) is 10.5 Å². The van der Waals surface area contributed by atoms with Gasteiger partial charge in [-0.15, -0.1) is 0 Å². The van der Waals surface area contributed by atoms with Crippen LogP contribution >= 0.6 is 22.6 Å². The second-order valence-corrected chi connectivity index (χ2v) is 6.24. The molecule has 1 saturated heterocycles. The van der Waals surface area contributed by atoms with E-state index in [0.29, 0.717) is 13.1 Å². The lowest BCUT2D eigenvalue weighted by Gasteiger charge is -2.30. The maximum absolute atomic E-state index is 12.2. The number of nitrogens with zero attached hydrogens (tertiary/aromatic N) is 1. The summed E-state index contributed by atoms with van der Waals surface area (Å²) in [5.41, 5.74) is 7.25. The highest BCUT2D eigenvalue weighted by atomic mass is 127. The van der Waals surface area contributed by atoms with Crippen LogP contribution < -0.4 is 11.1 Å². The van der Waals surface area contributed by atoms with Gasteiger partial charge in [-0.25, -0.2) is 4.79 Å². The number of amides is 3. The molecule has 3 amide bonds. The summed E-state index contributed by atoms with van der Waals surface area (Å²) in [4.78, 5) is 25.0. The van der Waals surface area contributed by atoms with Crippen molar-refractivity contribution in [1.29, 1.82) is 0 Å². The first-order chi connectivity index (χ1) is 9.47. The topological polar surface area (TPSA) is 75.4 Å². The minimum Gasteiger partial charge on any atom is -0.351 e. The smallest absolute Gasteiger partial charge is 0.314 e. The Morgan fingerprint density at radius 2 is 2.20 bits per heavy atom. The van der Waals surface area contributed by atoms with Crippen LogP contribution in [0.2, 0.25) is 0 Å². The molecule has 6 heteroatoms. The van der Waals surface area contributed by atoms with Crippen molar-refractivity contribution in [1.82, 2.24) is 4.90 Å². The Labute approximate surface area is 132 Å². The summed E-state index contributed by atoms with van der Waals surface area (Å²) in [6, 6.07) is 5.37. The number of aryl methyl sites for hydroxylation is 1. The Bertz CT molecular complexity index is 533. The summed E-state index contributed by atoms with van der Waals surface area (Å²) in [5, 5.41) is 2.92. The van der Waals surface area contributed by atoms with E-state index in [2.05, 4.69) is 27.9 Å². The summed E-state index contributed by atoms with van der Waals surface area (Å²) in [5.74, 6) is -0.231. The molecular formula is C14H18IN3O2. The van der Waals surface area contributed by atoms with Gasteiger partial charge in [0.1, 0.15) is 0 Å². The molecular weight excluding hydrogens is 369 g/mol. The normalized spacial score (nSPS) is 18.7. The number of nitrogens with two attached hydrogens (primary N) is 1. The number of halogens is 1. The summed E-state index contributed by atoms with van der Waals surface area (Å²) in [6.07, 6.45) is 1.60. The number of hydrogen-bond acceptors (Lipinski definition) is 2. The van der Waals surface area contributed by atoms with Gasteiger partial charge in [-0.2, -0.15) is 0 Å². The molecule has 0 radical (unpaired) electrons. The minimum absolute atomic E-state index is 0.0457. The number of carbonyl (C=O) groups is 2. The molecule has 3 N–H and O–H groups in total. The number of anilines is 1. The Morgan fingerprint density at radius 3 is 2.85 bits per heavy atom. The van der Waals surface area contributed by atoms with Crippen molar-refractivity contribution in [3.63, 3.8) is 0 Å². The van der Waals surface area contributed by atoms with Crippen molar-refractivity contribution in [2.24, 2.45) is 11.7 Å². The van der Waals surface area contributed by atoms with Gasteiger partial charge in [-0.05, 0) is 60.1 Å². The molecule has 0 aromatic heterocycles. The van der Waals surface area contributed by atoms with Gasteiger partial charge in [-0.1, -0.05) is 6.07 Å². The van der Waals surface area contributed by atoms with Crippen LogP contribution in [0.25, 0.3) is 0 Å². The molecule has 0 saturated carbocycles. The van der Waals surface area contributed by atoms with Crippen LogP contribution in [-0.2, 0) is 4.79 Å². The van der Waals surface area contributed by atoms with Crippen LogP contribution in [0.4, 0.5) is 10.5 Å². The molecule has 0 spiro atoms. The van der Waals surface area contributed by atoms with E-state index in [0.717, 1.165) is 22.1 Å². The first-order valence-corrected chi connectivity index (χ1v) is 7.66. The second kappa shape index (κ2) is 6.43. The zero-order valence-corrected chi connectivity index (χ0v) is 13.5. The highest BCUT2D eigenvalue weighted by molar-refractivity contribution is 14.1. The van der Waals surface area contributed by atoms with E-state index in [1.807, 2.05) is 25.1 Å². The summed E-state index contributed by atoms with van der Waals surface area (Å²) in [6.45, 7) is 3.07. The monoisotopic (exact) mass is 387 g/mol. The van der Waals surface area contributed by atoms with Crippen LogP contribution in [0.5, 0.6) is 0 Å². The molecule has 1 atom stereocenters. The first-order valence-electron chi connectivity index (χ1n) is 6.59. The molecule has 1 aliphatic rings. The van der Waals surface area contributed by atoms with Crippen molar-refractivity contribution >= 4 is 40.2 Å². The molecule has 20 heavy (non-hydrogen) atoms. The number of urea groups is 1. The van der Waals surface area contributed by atoms with E-state index in [1.54, 1.807) is 0 Å². The molecule has 2 rings (SSSR count). The Balaban J connectivity index is 2.00. The van der Waals surface area contributed by atoms with Crippen LogP contribution in [0, 0.1) is 16.4 Å². The van der Waals surface area contributed by atoms with E-state index in [9.17, 15) is 9.59 Å². The minimum atomic E-state index is -0.451. The molecule has 5 nitrogen and oxygen atoms in total. The SMILES string of the molecule is Cc1ccc(NC(=O)[C@@H]2CCCN(C(N)=O)C2)cc1I. The molecule has 1 heterocycles. The number of carbonyl (C=O) groups excluding carboxylic acids is 2. The zero-order chi connectivity index (χ0) is 14.7. The number of primary amides is 1. The molecule has 0 unspecified atom stereocenters. The highest BCUT2D eigenvalue weighted by Gasteiger charge is 2.27. The zero-order valence-electron chi connectivity index (χ0n) is 11.4. The van der Waals surface area contributed by atoms with Gasteiger partial charge in [0.05, 0.1) is 5.92 Å². The highest BCUT2D eigenvalue weighted by Crippen LogP contribution is 2.21. The average molecular weight is 387 g/mol. The first kappa shape index (κ1) is 15.1. The van der Waals surface area contributed by atoms with Crippen LogP contribution in [0.1, 0.15) is 18.4 Å². The van der Waals surface area contributed by atoms with Crippen molar-refractivity contribution in [2.75, 3.05) is 18.4 Å². The van der Waals surface area contributed by atoms with Crippen molar-refractivity contribution in [3.8, 4) is 0 Å². The van der Waals surface area contributed by atoms with Crippen molar-refractivity contribution in [2.45, 2.75) is 19.8 Å².